The van der Waals surface area contributed by atoms with Gasteiger partial charge in [0.25, 0.3) is 0 Å². The van der Waals surface area contributed by atoms with Crippen LogP contribution in [0, 0.1) is 5.92 Å². The van der Waals surface area contributed by atoms with Gasteiger partial charge in [-0.3, -0.25) is 14.4 Å². The topological polar surface area (TPSA) is 66.5 Å². The van der Waals surface area contributed by atoms with Gasteiger partial charge in [0.15, 0.2) is 5.78 Å². The van der Waals surface area contributed by atoms with E-state index >= 15 is 0 Å². The van der Waals surface area contributed by atoms with Crippen LogP contribution in [0.4, 0.5) is 11.4 Å². The van der Waals surface area contributed by atoms with E-state index in [4.69, 9.17) is 23.2 Å². The zero-order chi connectivity index (χ0) is 18.8. The lowest BCUT2D eigenvalue weighted by atomic mass is 10.1. The highest BCUT2D eigenvalue weighted by Gasteiger charge is 2.35. The average Bonchev–Trinajstić information content (AvgIpc) is 3.00. The van der Waals surface area contributed by atoms with Crippen LogP contribution in [0.15, 0.2) is 42.5 Å². The van der Waals surface area contributed by atoms with Crippen LogP contribution in [0.25, 0.3) is 0 Å². The smallest absolute Gasteiger partial charge is 0.229 e. The van der Waals surface area contributed by atoms with Crippen molar-refractivity contribution in [1.82, 2.24) is 0 Å². The van der Waals surface area contributed by atoms with E-state index in [1.807, 2.05) is 0 Å². The Hall–Kier alpha value is -2.37. The second-order valence-electron chi connectivity index (χ2n) is 6.10. The molecule has 0 aromatic heterocycles. The SMILES string of the molecule is CC(=O)c1cccc(N2CC(C(=O)Nc3c(Cl)cccc3Cl)CC2=O)c1. The molecule has 1 unspecified atom stereocenters. The quantitative estimate of drug-likeness (QED) is 0.795. The number of Topliss-reactive ketones (excluding diaryl/α,β-unsaturated/α-hetero) is 1. The van der Waals surface area contributed by atoms with Gasteiger partial charge in [0.2, 0.25) is 11.8 Å². The summed E-state index contributed by atoms with van der Waals surface area (Å²) < 4.78 is 0. The molecule has 2 aromatic rings. The van der Waals surface area contributed by atoms with Crippen molar-refractivity contribution in [3.05, 3.63) is 58.1 Å². The maximum absolute atomic E-state index is 12.6. The Kier molecular flexibility index (Phi) is 5.30. The molecule has 1 saturated heterocycles. The molecule has 26 heavy (non-hydrogen) atoms. The lowest BCUT2D eigenvalue weighted by molar-refractivity contribution is -0.122. The lowest BCUT2D eigenvalue weighted by Crippen LogP contribution is -2.28. The van der Waals surface area contributed by atoms with Gasteiger partial charge in [0.05, 0.1) is 21.7 Å². The third-order valence-electron chi connectivity index (χ3n) is 4.27. The van der Waals surface area contributed by atoms with Crippen molar-refractivity contribution in [2.75, 3.05) is 16.8 Å². The number of halogens is 2. The molecule has 5 nitrogen and oxygen atoms in total. The minimum Gasteiger partial charge on any atom is -0.323 e. The number of para-hydroxylation sites is 1. The van der Waals surface area contributed by atoms with Gasteiger partial charge in [0, 0.05) is 24.2 Å². The summed E-state index contributed by atoms with van der Waals surface area (Å²) in [6, 6.07) is 11.8. The molecule has 1 fully saturated rings. The second kappa shape index (κ2) is 7.48. The molecule has 0 spiro atoms. The van der Waals surface area contributed by atoms with Gasteiger partial charge in [-0.1, -0.05) is 41.4 Å². The summed E-state index contributed by atoms with van der Waals surface area (Å²) in [4.78, 5) is 38.0. The second-order valence-corrected chi connectivity index (χ2v) is 6.91. The molecular weight excluding hydrogens is 375 g/mol. The number of carbonyl (C=O) groups is 3. The van der Waals surface area contributed by atoms with Crippen LogP contribution < -0.4 is 10.2 Å². The van der Waals surface area contributed by atoms with E-state index in [1.54, 1.807) is 42.5 Å². The Morgan fingerprint density at radius 1 is 1.12 bits per heavy atom. The van der Waals surface area contributed by atoms with Crippen LogP contribution in [-0.4, -0.2) is 24.1 Å². The van der Waals surface area contributed by atoms with Crippen LogP contribution in [0.1, 0.15) is 23.7 Å². The summed E-state index contributed by atoms with van der Waals surface area (Å²) in [7, 11) is 0. The molecule has 134 valence electrons. The number of hydrogen-bond donors (Lipinski definition) is 1. The monoisotopic (exact) mass is 390 g/mol. The fourth-order valence-corrected chi connectivity index (χ4v) is 3.36. The Labute approximate surface area is 160 Å². The minimum atomic E-state index is -0.532. The van der Waals surface area contributed by atoms with Crippen LogP contribution >= 0.6 is 23.2 Å². The van der Waals surface area contributed by atoms with Gasteiger partial charge in [-0.25, -0.2) is 0 Å². The lowest BCUT2D eigenvalue weighted by Gasteiger charge is -2.17. The Morgan fingerprint density at radius 3 is 2.42 bits per heavy atom. The maximum atomic E-state index is 12.6. The maximum Gasteiger partial charge on any atom is 0.229 e. The van der Waals surface area contributed by atoms with Gasteiger partial charge in [-0.15, -0.1) is 0 Å². The highest BCUT2D eigenvalue weighted by Crippen LogP contribution is 2.32. The van der Waals surface area contributed by atoms with Crippen molar-refractivity contribution in [2.45, 2.75) is 13.3 Å². The van der Waals surface area contributed by atoms with Gasteiger partial charge in [-0.05, 0) is 31.2 Å². The fourth-order valence-electron chi connectivity index (χ4n) is 2.87. The Balaban J connectivity index is 1.76. The van der Waals surface area contributed by atoms with Crippen molar-refractivity contribution in [3.63, 3.8) is 0 Å². The van der Waals surface area contributed by atoms with Crippen molar-refractivity contribution >= 4 is 52.2 Å². The van der Waals surface area contributed by atoms with E-state index < -0.39 is 5.92 Å². The summed E-state index contributed by atoms with van der Waals surface area (Å²) in [6.45, 7) is 1.70. The molecule has 1 aliphatic rings. The van der Waals surface area contributed by atoms with Crippen LogP contribution in [0.2, 0.25) is 10.0 Å². The molecule has 2 amide bonds. The third-order valence-corrected chi connectivity index (χ3v) is 4.90. The summed E-state index contributed by atoms with van der Waals surface area (Å²) in [6.07, 6.45) is 0.0816. The first-order chi connectivity index (χ1) is 12.4. The standard InChI is InChI=1S/C19H16Cl2N2O3/c1-11(24)12-4-2-5-14(8-12)23-10-13(9-17(23)25)19(26)22-18-15(20)6-3-7-16(18)21/h2-8,13H,9-10H2,1H3,(H,22,26). The molecule has 1 atom stereocenters. The van der Waals surface area contributed by atoms with E-state index in [1.165, 1.54) is 11.8 Å². The van der Waals surface area contributed by atoms with Gasteiger partial charge in [-0.2, -0.15) is 0 Å². The molecule has 7 heteroatoms. The third kappa shape index (κ3) is 3.74. The molecule has 0 radical (unpaired) electrons. The van der Waals surface area contributed by atoms with Gasteiger partial charge in [0.1, 0.15) is 0 Å². The van der Waals surface area contributed by atoms with E-state index in [2.05, 4.69) is 5.32 Å². The minimum absolute atomic E-state index is 0.0816. The zero-order valence-electron chi connectivity index (χ0n) is 14.0. The van der Waals surface area contributed by atoms with E-state index in [9.17, 15) is 14.4 Å². The number of benzene rings is 2. The zero-order valence-corrected chi connectivity index (χ0v) is 15.5. The number of ketones is 1. The molecule has 1 aliphatic heterocycles. The van der Waals surface area contributed by atoms with Gasteiger partial charge < -0.3 is 10.2 Å². The number of carbonyl (C=O) groups excluding carboxylic acids is 3. The highest BCUT2D eigenvalue weighted by atomic mass is 35.5. The largest absolute Gasteiger partial charge is 0.323 e. The van der Waals surface area contributed by atoms with E-state index in [0.717, 1.165) is 0 Å². The van der Waals surface area contributed by atoms with Crippen molar-refractivity contribution < 1.29 is 14.4 Å². The molecule has 1 N–H and O–H groups in total. The molecule has 0 aliphatic carbocycles. The fraction of sp³-hybridized carbons (Fsp3) is 0.211. The molecule has 1 heterocycles. The number of amides is 2. The van der Waals surface area contributed by atoms with E-state index in [-0.39, 0.29) is 30.6 Å². The molecular formula is C19H16Cl2N2O3. The summed E-state index contributed by atoms with van der Waals surface area (Å²) in [5, 5.41) is 3.38. The average molecular weight is 391 g/mol. The van der Waals surface area contributed by atoms with Crippen molar-refractivity contribution in [1.29, 1.82) is 0 Å². The Bertz CT molecular complexity index is 878. The number of anilines is 2. The molecule has 0 saturated carbocycles. The normalized spacial score (nSPS) is 16.7. The van der Waals surface area contributed by atoms with Crippen LogP contribution in [0.5, 0.6) is 0 Å². The molecule has 2 aromatic carbocycles. The number of hydrogen-bond acceptors (Lipinski definition) is 3. The Morgan fingerprint density at radius 2 is 1.77 bits per heavy atom. The van der Waals surface area contributed by atoms with Gasteiger partial charge >= 0.3 is 0 Å². The number of rotatable bonds is 4. The predicted molar refractivity (Wildman–Crippen MR) is 102 cm³/mol. The van der Waals surface area contributed by atoms with Crippen LogP contribution in [0.3, 0.4) is 0 Å². The first-order valence-electron chi connectivity index (χ1n) is 8.03. The summed E-state index contributed by atoms with van der Waals surface area (Å²) in [5.74, 6) is -1.10. The highest BCUT2D eigenvalue weighted by molar-refractivity contribution is 6.39. The number of nitrogens with zero attached hydrogens (tertiary/aromatic N) is 1. The van der Waals surface area contributed by atoms with E-state index in [0.29, 0.717) is 27.0 Å². The summed E-state index contributed by atoms with van der Waals surface area (Å²) >= 11 is 12.1. The van der Waals surface area contributed by atoms with Crippen LogP contribution in [-0.2, 0) is 9.59 Å². The predicted octanol–water partition coefficient (Wildman–Crippen LogP) is 4.19. The van der Waals surface area contributed by atoms with Crippen molar-refractivity contribution in [2.24, 2.45) is 5.92 Å². The number of nitrogens with one attached hydrogen (secondary N) is 1. The first-order valence-corrected chi connectivity index (χ1v) is 8.78. The molecule has 3 rings (SSSR count). The van der Waals surface area contributed by atoms with Crippen molar-refractivity contribution in [3.8, 4) is 0 Å². The first kappa shape index (κ1) is 18.4. The molecule has 0 bridgehead atoms. The summed E-state index contributed by atoms with van der Waals surface area (Å²) in [5.41, 5.74) is 1.46.